The highest BCUT2D eigenvalue weighted by Gasteiger charge is 2.49. The number of aliphatic carboxylic acids is 1. The molecule has 1 fully saturated rings. The molecule has 2 amide bonds. The van der Waals surface area contributed by atoms with Gasteiger partial charge in [0.2, 0.25) is 6.29 Å². The summed E-state index contributed by atoms with van der Waals surface area (Å²) < 4.78 is 29.0. The van der Waals surface area contributed by atoms with Crippen LogP contribution in [-0.4, -0.2) is 133 Å². The van der Waals surface area contributed by atoms with Gasteiger partial charge in [-0.3, -0.25) is 4.79 Å². The second-order valence-corrected chi connectivity index (χ2v) is 16.3. The van der Waals surface area contributed by atoms with E-state index in [1.807, 2.05) is 20.8 Å². The van der Waals surface area contributed by atoms with Gasteiger partial charge in [0.05, 0.1) is 34.7 Å². The van der Waals surface area contributed by atoms with Crippen LogP contribution in [0, 0.1) is 0 Å². The first-order chi connectivity index (χ1) is 30.4. The van der Waals surface area contributed by atoms with Crippen molar-refractivity contribution in [1.29, 1.82) is 0 Å². The molecule has 2 aromatic carbocycles. The Hall–Kier alpha value is -6.32. The van der Waals surface area contributed by atoms with Gasteiger partial charge in [0.1, 0.15) is 43.0 Å². The zero-order valence-corrected chi connectivity index (χ0v) is 36.1. The molecule has 0 aliphatic carbocycles. The maximum Gasteiger partial charge on any atom is 0.415 e. The Morgan fingerprint density at radius 2 is 1.69 bits per heavy atom. The Kier molecular flexibility index (Phi) is 12.9. The van der Waals surface area contributed by atoms with Crippen LogP contribution in [0.25, 0.3) is 22.3 Å². The number of aliphatic hydroxyl groups is 4. The molecule has 7 rings (SSSR count). The lowest BCUT2D eigenvalue weighted by Crippen LogP contribution is -2.61. The molecule has 1 saturated heterocycles. The van der Waals surface area contributed by atoms with Crippen molar-refractivity contribution >= 4 is 40.7 Å². The van der Waals surface area contributed by atoms with Crippen molar-refractivity contribution < 1.29 is 68.4 Å². The van der Waals surface area contributed by atoms with Crippen molar-refractivity contribution in [3.63, 3.8) is 0 Å². The number of rotatable bonds is 13. The zero-order valence-electron chi connectivity index (χ0n) is 36.1. The van der Waals surface area contributed by atoms with Crippen molar-refractivity contribution in [1.82, 2.24) is 19.4 Å². The van der Waals surface area contributed by atoms with E-state index in [0.29, 0.717) is 34.6 Å². The summed E-state index contributed by atoms with van der Waals surface area (Å²) in [4.78, 5) is 71.5. The van der Waals surface area contributed by atoms with Gasteiger partial charge in [0.25, 0.3) is 5.56 Å². The first kappa shape index (κ1) is 45.7. The fourth-order valence-corrected chi connectivity index (χ4v) is 7.99. The largest absolute Gasteiger partial charge is 0.479 e. The van der Waals surface area contributed by atoms with Crippen LogP contribution in [0.2, 0.25) is 0 Å². The quantitative estimate of drug-likeness (QED) is 0.0927. The lowest BCUT2D eigenvalue weighted by atomic mass is 9.86. The summed E-state index contributed by atoms with van der Waals surface area (Å²) >= 11 is 0. The number of aromatic nitrogens is 2. The number of fused-ring (bicyclic) bond motifs is 5. The molecule has 2 aromatic heterocycles. The molecule has 0 bridgehead atoms. The van der Waals surface area contributed by atoms with E-state index in [4.69, 9.17) is 28.7 Å². The summed E-state index contributed by atoms with van der Waals surface area (Å²) in [7, 11) is 3.03. The second kappa shape index (κ2) is 18.0. The molecule has 20 nitrogen and oxygen atoms in total. The fraction of sp³-hybridized carbons (Fsp3) is 0.455. The van der Waals surface area contributed by atoms with Gasteiger partial charge >= 0.3 is 24.1 Å². The predicted octanol–water partition coefficient (Wildman–Crippen LogP) is 2.43. The Morgan fingerprint density at radius 1 is 0.969 bits per heavy atom. The highest BCUT2D eigenvalue weighted by atomic mass is 16.7. The van der Waals surface area contributed by atoms with E-state index in [1.54, 1.807) is 47.9 Å². The first-order valence-corrected chi connectivity index (χ1v) is 20.8. The smallest absolute Gasteiger partial charge is 0.415 e. The van der Waals surface area contributed by atoms with E-state index in [0.717, 1.165) is 16.5 Å². The third-order valence-electron chi connectivity index (χ3n) is 11.6. The molecule has 0 saturated carbocycles. The predicted molar refractivity (Wildman–Crippen MR) is 226 cm³/mol. The maximum atomic E-state index is 13.7. The van der Waals surface area contributed by atoms with Crippen LogP contribution in [0.3, 0.4) is 0 Å². The van der Waals surface area contributed by atoms with Gasteiger partial charge in [-0.25, -0.2) is 24.2 Å². The van der Waals surface area contributed by atoms with E-state index in [9.17, 15) is 49.5 Å². The van der Waals surface area contributed by atoms with E-state index < -0.39 is 60.4 Å². The molecule has 3 aliphatic heterocycles. The van der Waals surface area contributed by atoms with Gasteiger partial charge in [-0.1, -0.05) is 19.9 Å². The number of hydrogen-bond acceptors (Lipinski definition) is 16. The van der Waals surface area contributed by atoms with E-state index in [1.165, 1.54) is 30.0 Å². The van der Waals surface area contributed by atoms with Crippen molar-refractivity contribution in [3.8, 4) is 22.9 Å². The van der Waals surface area contributed by atoms with Crippen LogP contribution in [0.15, 0.2) is 47.3 Å². The number of esters is 1. The zero-order chi connectivity index (χ0) is 46.4. The lowest BCUT2D eigenvalue weighted by Gasteiger charge is -2.38. The molecule has 0 radical (unpaired) electrons. The molecule has 342 valence electrons. The number of anilines is 1. The Balaban J connectivity index is 0.966. The second-order valence-electron chi connectivity index (χ2n) is 16.3. The number of hydrogen-bond donors (Lipinski definition) is 6. The number of nitrogens with one attached hydrogen (secondary N) is 1. The van der Waals surface area contributed by atoms with Gasteiger partial charge in [-0.2, -0.15) is 0 Å². The summed E-state index contributed by atoms with van der Waals surface area (Å²) in [6.07, 6.45) is -9.72. The number of carbonyl (C=O) groups is 4. The molecular weight excluding hydrogens is 839 g/mol. The summed E-state index contributed by atoms with van der Waals surface area (Å²) in [5.41, 5.74) is 2.45. The normalized spacial score (nSPS) is 22.2. The minimum Gasteiger partial charge on any atom is -0.479 e. The van der Waals surface area contributed by atoms with Crippen molar-refractivity contribution in [2.75, 3.05) is 32.5 Å². The van der Waals surface area contributed by atoms with Crippen LogP contribution in [0.5, 0.6) is 11.5 Å². The number of cyclic esters (lactones) is 1. The molecule has 3 aliphatic rings. The van der Waals surface area contributed by atoms with Crippen molar-refractivity contribution in [2.45, 2.75) is 103 Å². The monoisotopic (exact) mass is 889 g/mol. The van der Waals surface area contributed by atoms with Gasteiger partial charge in [0.15, 0.2) is 11.7 Å². The molecule has 64 heavy (non-hydrogen) atoms. The molecule has 0 unspecified atom stereocenters. The Labute approximate surface area is 366 Å². The molecule has 6 atom stereocenters. The van der Waals surface area contributed by atoms with E-state index >= 15 is 0 Å². The van der Waals surface area contributed by atoms with Crippen LogP contribution in [-0.2, 0) is 55.6 Å². The maximum absolute atomic E-state index is 13.7. The third-order valence-corrected chi connectivity index (χ3v) is 11.6. The minimum atomic E-state index is -1.94. The van der Waals surface area contributed by atoms with Gasteiger partial charge < -0.3 is 68.9 Å². The molecule has 0 spiro atoms. The number of carboxylic acids is 1. The summed E-state index contributed by atoms with van der Waals surface area (Å²) in [6.45, 7) is 7.33. The van der Waals surface area contributed by atoms with Crippen LogP contribution in [0.1, 0.15) is 61.9 Å². The molecule has 20 heteroatoms. The van der Waals surface area contributed by atoms with Crippen LogP contribution < -0.4 is 20.3 Å². The third kappa shape index (κ3) is 8.53. The van der Waals surface area contributed by atoms with Crippen LogP contribution in [0.4, 0.5) is 15.3 Å². The number of carboxylic acid groups (broad SMARTS) is 1. The Morgan fingerprint density at radius 3 is 2.36 bits per heavy atom. The SMILES string of the molecule is CCc1c2c(nc3ccc(OC(=O)N(C)CCN(C)C(=O)OCc4ccc(O[C@@H]5O[C@H](C(=O)O)[C@@H](O)[C@H](O)[C@H]5O)c(NC(C)C)c4)cc13)-c1cc3c(c(=O)n1C2)COC(=O)[C@]3(O)CC. The molecular formula is C44H51N5O15. The topological polar surface area (TPSA) is 269 Å². The number of likely N-dealkylation sites (N-methyl/N-ethyl adjacent to an activating group) is 2. The van der Waals surface area contributed by atoms with Crippen LogP contribution >= 0.6 is 0 Å². The number of pyridine rings is 2. The Bertz CT molecular complexity index is 2560. The number of aryl methyl sites for hydroxylation is 1. The number of ether oxygens (including phenoxy) is 5. The minimum absolute atomic E-state index is 0.0301. The number of amides is 2. The van der Waals surface area contributed by atoms with Gasteiger partial charge in [0, 0.05) is 49.7 Å². The standard InChI is InChI=1S/C44H51N5O15/c1-7-24-25-16-23(10-11-29(25)46-33-26(24)18-49-31(33)17-28-27(38(49)53)20-60-41(56)44(28,59)8-2)62-43(58)48(6)14-13-47(5)42(57)61-19-22-9-12-32(30(15-22)45-21(3)4)63-40-36(52)34(50)35(51)37(64-40)39(54)55/h9-12,15-17,21,34-37,40,45,50-52,59H,7-8,13-14,18-20H2,1-6H3,(H,54,55)/t34-,35-,36+,37-,40+,44-/m0/s1. The summed E-state index contributed by atoms with van der Waals surface area (Å²) in [5.74, 6) is -1.96. The summed E-state index contributed by atoms with van der Waals surface area (Å²) in [5, 5.41) is 55.1. The fourth-order valence-electron chi connectivity index (χ4n) is 7.99. The first-order valence-electron chi connectivity index (χ1n) is 20.8. The number of nitrogens with zero attached hydrogens (tertiary/aromatic N) is 4. The molecule has 6 N–H and O–H groups in total. The van der Waals surface area contributed by atoms with Gasteiger partial charge in [-0.15, -0.1) is 0 Å². The lowest BCUT2D eigenvalue weighted by molar-refractivity contribution is -0.271. The average Bonchev–Trinajstić information content (AvgIpc) is 3.63. The van der Waals surface area contributed by atoms with E-state index in [2.05, 4.69) is 5.32 Å². The number of benzene rings is 2. The molecule has 5 heterocycles. The summed E-state index contributed by atoms with van der Waals surface area (Å²) in [6, 6.07) is 11.3. The highest BCUT2D eigenvalue weighted by molar-refractivity contribution is 5.90. The van der Waals surface area contributed by atoms with E-state index in [-0.39, 0.29) is 73.5 Å². The van der Waals surface area contributed by atoms with Crippen molar-refractivity contribution in [2.24, 2.45) is 0 Å². The number of carbonyl (C=O) groups excluding carboxylic acids is 3. The van der Waals surface area contributed by atoms with Gasteiger partial charge in [-0.05, 0) is 74.2 Å². The van der Waals surface area contributed by atoms with Crippen molar-refractivity contribution in [3.05, 3.63) is 80.6 Å². The average molecular weight is 890 g/mol. The number of aliphatic hydroxyl groups excluding tert-OH is 3. The molecule has 4 aromatic rings. The highest BCUT2D eigenvalue weighted by Crippen LogP contribution is 2.41.